The average molecular weight is 217 g/mol. The molecule has 1 aliphatic rings. The summed E-state index contributed by atoms with van der Waals surface area (Å²) < 4.78 is 1.88. The van der Waals surface area contributed by atoms with E-state index < -0.39 is 0 Å². The van der Waals surface area contributed by atoms with E-state index in [9.17, 15) is 0 Å². The van der Waals surface area contributed by atoms with Gasteiger partial charge in [0.2, 0.25) is 0 Å². The van der Waals surface area contributed by atoms with Crippen molar-refractivity contribution < 1.29 is 0 Å². The van der Waals surface area contributed by atoms with Gasteiger partial charge in [0.15, 0.2) is 5.65 Å². The number of hydrogen-bond acceptors (Lipinski definition) is 2. The zero-order valence-corrected chi connectivity index (χ0v) is 9.89. The van der Waals surface area contributed by atoms with Crippen molar-refractivity contribution in [3.63, 3.8) is 0 Å². The Balaban J connectivity index is 0.000000138. The Morgan fingerprint density at radius 1 is 1.06 bits per heavy atom. The number of aromatic nitrogens is 3. The molecule has 0 aliphatic heterocycles. The van der Waals surface area contributed by atoms with E-state index in [2.05, 4.69) is 10.2 Å². The number of rotatable bonds is 0. The van der Waals surface area contributed by atoms with E-state index in [4.69, 9.17) is 0 Å². The predicted octanol–water partition coefficient (Wildman–Crippen LogP) is 3.38. The molecule has 0 N–H and O–H groups in total. The SMILES string of the molecule is C1CCCCC1.Cc1ccn2cnnc2c1. The fourth-order valence-electron chi connectivity index (χ4n) is 1.98. The monoisotopic (exact) mass is 217 g/mol. The Hall–Kier alpha value is -1.38. The second-order valence-electron chi connectivity index (χ2n) is 4.42. The number of aryl methyl sites for hydroxylation is 1. The van der Waals surface area contributed by atoms with Gasteiger partial charge in [-0.05, 0) is 24.6 Å². The molecule has 1 saturated carbocycles. The van der Waals surface area contributed by atoms with Crippen molar-refractivity contribution in [2.24, 2.45) is 0 Å². The number of nitrogens with zero attached hydrogens (tertiary/aromatic N) is 3. The Labute approximate surface area is 96.5 Å². The van der Waals surface area contributed by atoms with Crippen molar-refractivity contribution in [2.75, 3.05) is 0 Å². The van der Waals surface area contributed by atoms with Crippen LogP contribution in [0.3, 0.4) is 0 Å². The summed E-state index contributed by atoms with van der Waals surface area (Å²) in [6.07, 6.45) is 12.6. The zero-order chi connectivity index (χ0) is 11.2. The van der Waals surface area contributed by atoms with Crippen LogP contribution in [0.25, 0.3) is 5.65 Å². The smallest absolute Gasteiger partial charge is 0.160 e. The Morgan fingerprint density at radius 2 is 1.69 bits per heavy atom. The molecule has 1 aliphatic carbocycles. The fourth-order valence-corrected chi connectivity index (χ4v) is 1.98. The highest BCUT2D eigenvalue weighted by molar-refractivity contribution is 5.38. The molecular formula is C13H19N3. The van der Waals surface area contributed by atoms with Gasteiger partial charge in [-0.2, -0.15) is 0 Å². The molecule has 0 spiro atoms. The molecule has 0 radical (unpaired) electrons. The molecule has 86 valence electrons. The number of hydrogen-bond donors (Lipinski definition) is 0. The van der Waals surface area contributed by atoms with Gasteiger partial charge in [-0.3, -0.25) is 4.40 Å². The molecule has 2 heterocycles. The molecule has 0 bridgehead atoms. The number of pyridine rings is 1. The third kappa shape index (κ3) is 3.05. The second kappa shape index (κ2) is 5.64. The minimum Gasteiger partial charge on any atom is -0.289 e. The molecule has 3 heteroatoms. The van der Waals surface area contributed by atoms with Crippen molar-refractivity contribution in [2.45, 2.75) is 45.4 Å². The van der Waals surface area contributed by atoms with Gasteiger partial charge in [-0.15, -0.1) is 10.2 Å². The molecule has 0 atom stereocenters. The summed E-state index contributed by atoms with van der Waals surface area (Å²) >= 11 is 0. The molecule has 3 rings (SSSR count). The molecule has 0 aromatic carbocycles. The summed E-state index contributed by atoms with van der Waals surface area (Å²) in [5, 5.41) is 7.65. The summed E-state index contributed by atoms with van der Waals surface area (Å²) in [6.45, 7) is 2.04. The summed E-state index contributed by atoms with van der Waals surface area (Å²) in [5.74, 6) is 0. The minimum atomic E-state index is 0.903. The van der Waals surface area contributed by atoms with Gasteiger partial charge < -0.3 is 0 Å². The maximum Gasteiger partial charge on any atom is 0.160 e. The third-order valence-corrected chi connectivity index (χ3v) is 2.96. The minimum absolute atomic E-state index is 0.903. The van der Waals surface area contributed by atoms with Crippen molar-refractivity contribution in [1.82, 2.24) is 14.6 Å². The molecule has 0 saturated heterocycles. The van der Waals surface area contributed by atoms with Crippen LogP contribution in [-0.4, -0.2) is 14.6 Å². The van der Waals surface area contributed by atoms with Crippen LogP contribution in [-0.2, 0) is 0 Å². The van der Waals surface area contributed by atoms with Gasteiger partial charge in [0.05, 0.1) is 0 Å². The van der Waals surface area contributed by atoms with Gasteiger partial charge in [-0.1, -0.05) is 38.5 Å². The van der Waals surface area contributed by atoms with Crippen molar-refractivity contribution in [1.29, 1.82) is 0 Å². The van der Waals surface area contributed by atoms with E-state index in [1.54, 1.807) is 6.33 Å². The van der Waals surface area contributed by atoms with E-state index in [-0.39, 0.29) is 0 Å². The highest BCUT2D eigenvalue weighted by Gasteiger charge is 1.95. The van der Waals surface area contributed by atoms with E-state index >= 15 is 0 Å². The Bertz CT molecular complexity index is 418. The molecule has 0 unspecified atom stereocenters. The summed E-state index contributed by atoms with van der Waals surface area (Å²) in [5.41, 5.74) is 2.11. The van der Waals surface area contributed by atoms with Crippen LogP contribution in [0.4, 0.5) is 0 Å². The first-order valence-corrected chi connectivity index (χ1v) is 6.12. The standard InChI is InChI=1S/C7H7N3.C6H12/c1-6-2-3-10-5-8-9-7(10)4-6;1-2-4-6-5-3-1/h2-5H,1H3;1-6H2. The Kier molecular flexibility index (Phi) is 3.91. The molecule has 16 heavy (non-hydrogen) atoms. The topological polar surface area (TPSA) is 30.2 Å². The lowest BCUT2D eigenvalue weighted by molar-refractivity contribution is 0.504. The van der Waals surface area contributed by atoms with Gasteiger partial charge in [0.1, 0.15) is 6.33 Å². The number of fused-ring (bicyclic) bond motifs is 1. The lowest BCUT2D eigenvalue weighted by Crippen LogP contribution is -1.85. The largest absolute Gasteiger partial charge is 0.289 e. The maximum absolute atomic E-state index is 3.89. The first kappa shape index (κ1) is 11.1. The molecule has 3 nitrogen and oxygen atoms in total. The van der Waals surface area contributed by atoms with Gasteiger partial charge >= 0.3 is 0 Å². The first-order valence-electron chi connectivity index (χ1n) is 6.12. The maximum atomic E-state index is 3.89. The van der Waals surface area contributed by atoms with Crippen LogP contribution in [0.5, 0.6) is 0 Å². The summed E-state index contributed by atoms with van der Waals surface area (Å²) in [6, 6.07) is 4.02. The van der Waals surface area contributed by atoms with E-state index in [0.29, 0.717) is 0 Å². The summed E-state index contributed by atoms with van der Waals surface area (Å²) in [7, 11) is 0. The van der Waals surface area contributed by atoms with Crippen LogP contribution in [0.15, 0.2) is 24.7 Å². The van der Waals surface area contributed by atoms with E-state index in [1.165, 1.54) is 44.1 Å². The van der Waals surface area contributed by atoms with Crippen LogP contribution in [0.2, 0.25) is 0 Å². The zero-order valence-electron chi connectivity index (χ0n) is 9.89. The first-order chi connectivity index (χ1) is 7.86. The highest BCUT2D eigenvalue weighted by atomic mass is 15.2. The lowest BCUT2D eigenvalue weighted by Gasteiger charge is -2.05. The molecular weight excluding hydrogens is 198 g/mol. The van der Waals surface area contributed by atoms with Crippen LogP contribution in [0, 0.1) is 6.92 Å². The van der Waals surface area contributed by atoms with Gasteiger partial charge in [-0.25, -0.2) is 0 Å². The van der Waals surface area contributed by atoms with Crippen molar-refractivity contribution in [3.8, 4) is 0 Å². The van der Waals surface area contributed by atoms with Crippen LogP contribution >= 0.6 is 0 Å². The highest BCUT2D eigenvalue weighted by Crippen LogP contribution is 2.15. The molecule has 0 amide bonds. The summed E-state index contributed by atoms with van der Waals surface area (Å²) in [4.78, 5) is 0. The second-order valence-corrected chi connectivity index (χ2v) is 4.42. The van der Waals surface area contributed by atoms with E-state index in [0.717, 1.165) is 5.65 Å². The predicted molar refractivity (Wildman–Crippen MR) is 65.4 cm³/mol. The van der Waals surface area contributed by atoms with Crippen LogP contribution in [0.1, 0.15) is 44.1 Å². The normalized spacial score (nSPS) is 15.6. The lowest BCUT2D eigenvalue weighted by atomic mass is 10.0. The average Bonchev–Trinajstić information content (AvgIpc) is 2.79. The fraction of sp³-hybridized carbons (Fsp3) is 0.538. The van der Waals surface area contributed by atoms with Gasteiger partial charge in [0, 0.05) is 6.20 Å². The van der Waals surface area contributed by atoms with Gasteiger partial charge in [0.25, 0.3) is 0 Å². The third-order valence-electron chi connectivity index (χ3n) is 2.96. The van der Waals surface area contributed by atoms with Crippen LogP contribution < -0.4 is 0 Å². The Morgan fingerprint density at radius 3 is 2.31 bits per heavy atom. The molecule has 2 aromatic rings. The molecule has 1 fully saturated rings. The molecule has 2 aromatic heterocycles. The van der Waals surface area contributed by atoms with Crippen molar-refractivity contribution >= 4 is 5.65 Å². The van der Waals surface area contributed by atoms with Crippen molar-refractivity contribution in [3.05, 3.63) is 30.2 Å². The van der Waals surface area contributed by atoms with E-state index in [1.807, 2.05) is 29.7 Å². The quantitative estimate of drug-likeness (QED) is 0.677.